The quantitative estimate of drug-likeness (QED) is 0.0459. The molecule has 2 aliphatic rings. The highest BCUT2D eigenvalue weighted by molar-refractivity contribution is 6.07. The molecule has 0 spiro atoms. The average molecular weight is 656 g/mol. The van der Waals surface area contributed by atoms with E-state index in [1.54, 1.807) is 18.3 Å². The van der Waals surface area contributed by atoms with Gasteiger partial charge in [0.15, 0.2) is 5.96 Å². The summed E-state index contributed by atoms with van der Waals surface area (Å²) < 4.78 is 0. The first kappa shape index (κ1) is 34.2. The fourth-order valence-electron chi connectivity index (χ4n) is 5.67. The summed E-state index contributed by atoms with van der Waals surface area (Å²) in [6.07, 6.45) is 1.91. The number of guanidine groups is 1. The second-order valence-electron chi connectivity index (χ2n) is 11.2. The molecule has 6 amide bonds. The Labute approximate surface area is 267 Å². The predicted octanol–water partition coefficient (Wildman–Crippen LogP) is -1.80. The summed E-state index contributed by atoms with van der Waals surface area (Å²) in [6.45, 7) is -0.441. The van der Waals surface area contributed by atoms with Crippen LogP contribution in [-0.2, 0) is 35.2 Å². The molecule has 1 aromatic heterocycles. The fourth-order valence-corrected chi connectivity index (χ4v) is 5.67. The van der Waals surface area contributed by atoms with Crippen LogP contribution in [0.15, 0.2) is 35.5 Å². The van der Waals surface area contributed by atoms with Crippen molar-refractivity contribution in [3.63, 3.8) is 0 Å². The number of nitrogens with two attached hydrogens (primary N) is 2. The second kappa shape index (κ2) is 15.1. The zero-order valence-corrected chi connectivity index (χ0v) is 25.3. The molecule has 2 saturated heterocycles. The van der Waals surface area contributed by atoms with Crippen molar-refractivity contribution >= 4 is 58.5 Å². The summed E-state index contributed by atoms with van der Waals surface area (Å²) in [5.41, 5.74) is 11.9. The SMILES string of the molecule is NC(N)=NCCC[C@@H]1NC(=O)N(CC(=O)NC(CC(=O)O)C(=O)N[C@@H](Cc2c[nH]c3ccccc23)C(=O)N2CCC[C@H]2C(=O)O)C1=O. The Balaban J connectivity index is 1.48. The zero-order chi connectivity index (χ0) is 34.2. The lowest BCUT2D eigenvalue weighted by Crippen LogP contribution is -2.57. The fraction of sp³-hybridized carbons (Fsp3) is 0.448. The van der Waals surface area contributed by atoms with E-state index < -0.39 is 78.7 Å². The summed E-state index contributed by atoms with van der Waals surface area (Å²) in [7, 11) is 0. The van der Waals surface area contributed by atoms with Crippen molar-refractivity contribution in [2.75, 3.05) is 19.6 Å². The van der Waals surface area contributed by atoms with E-state index in [0.717, 1.165) is 15.8 Å². The van der Waals surface area contributed by atoms with Gasteiger partial charge in [0.25, 0.3) is 5.91 Å². The number of aliphatic imine (C=N–C) groups is 1. The van der Waals surface area contributed by atoms with Gasteiger partial charge in [0.1, 0.15) is 30.7 Å². The third-order valence-electron chi connectivity index (χ3n) is 7.92. The summed E-state index contributed by atoms with van der Waals surface area (Å²) in [5.74, 6) is -6.18. The first-order chi connectivity index (χ1) is 22.3. The molecule has 0 bridgehead atoms. The molecule has 2 aliphatic heterocycles. The maximum Gasteiger partial charge on any atom is 0.326 e. The van der Waals surface area contributed by atoms with Crippen LogP contribution in [0.1, 0.15) is 37.7 Å². The van der Waals surface area contributed by atoms with Gasteiger partial charge in [-0.05, 0) is 37.3 Å². The van der Waals surface area contributed by atoms with Gasteiger partial charge in [-0.15, -0.1) is 0 Å². The molecule has 18 nitrogen and oxygen atoms in total. The molecule has 4 rings (SSSR count). The van der Waals surface area contributed by atoms with Crippen molar-refractivity contribution in [3.05, 3.63) is 36.0 Å². The van der Waals surface area contributed by atoms with Crippen LogP contribution in [0.3, 0.4) is 0 Å². The van der Waals surface area contributed by atoms with E-state index in [1.165, 1.54) is 0 Å². The number of urea groups is 1. The first-order valence-electron chi connectivity index (χ1n) is 14.9. The maximum atomic E-state index is 13.7. The zero-order valence-electron chi connectivity index (χ0n) is 25.3. The smallest absolute Gasteiger partial charge is 0.326 e. The Morgan fingerprint density at radius 3 is 2.51 bits per heavy atom. The molecule has 2 aromatic rings. The van der Waals surface area contributed by atoms with E-state index in [-0.39, 0.29) is 38.3 Å². The second-order valence-corrected chi connectivity index (χ2v) is 11.2. The van der Waals surface area contributed by atoms with Gasteiger partial charge in [0.05, 0.1) is 6.42 Å². The maximum absolute atomic E-state index is 13.7. The Morgan fingerprint density at radius 2 is 1.81 bits per heavy atom. The molecule has 1 aromatic carbocycles. The van der Waals surface area contributed by atoms with E-state index >= 15 is 0 Å². The molecular weight excluding hydrogens is 618 g/mol. The van der Waals surface area contributed by atoms with Gasteiger partial charge in [0.2, 0.25) is 17.7 Å². The number of carboxylic acids is 2. The van der Waals surface area contributed by atoms with Crippen molar-refractivity contribution in [1.82, 2.24) is 30.7 Å². The van der Waals surface area contributed by atoms with E-state index in [1.807, 2.05) is 12.1 Å². The molecule has 10 N–H and O–H groups in total. The number of imide groups is 1. The number of aromatic nitrogens is 1. The van der Waals surface area contributed by atoms with Crippen LogP contribution in [0.4, 0.5) is 4.79 Å². The topological polar surface area (TPSA) is 283 Å². The number of amides is 6. The molecular formula is C29H37N9O9. The molecule has 0 aliphatic carbocycles. The highest BCUT2D eigenvalue weighted by Gasteiger charge is 2.41. The highest BCUT2D eigenvalue weighted by Crippen LogP contribution is 2.23. The van der Waals surface area contributed by atoms with Gasteiger partial charge < -0.3 is 47.5 Å². The van der Waals surface area contributed by atoms with Gasteiger partial charge in [-0.25, -0.2) is 9.59 Å². The minimum atomic E-state index is -1.71. The minimum Gasteiger partial charge on any atom is -0.481 e. The largest absolute Gasteiger partial charge is 0.481 e. The number of hydrogen-bond donors (Lipinski definition) is 8. The minimum absolute atomic E-state index is 0.0712. The van der Waals surface area contributed by atoms with Crippen molar-refractivity contribution in [2.45, 2.75) is 62.7 Å². The summed E-state index contributed by atoms with van der Waals surface area (Å²) in [6, 6.07) is 1.31. The number of carbonyl (C=O) groups is 7. The molecule has 0 saturated carbocycles. The Hall–Kier alpha value is -5.68. The third kappa shape index (κ3) is 8.53. The highest BCUT2D eigenvalue weighted by atomic mass is 16.4. The number of likely N-dealkylation sites (tertiary alicyclic amines) is 1. The lowest BCUT2D eigenvalue weighted by molar-refractivity contribution is -0.149. The number of H-pyrrole nitrogens is 1. The van der Waals surface area contributed by atoms with E-state index in [2.05, 4.69) is 25.9 Å². The standard InChI is InChI=1S/C29H37N9O9/c30-28(31)32-9-3-7-18-25(43)38(29(47)36-18)14-22(39)34-19(12-23(40)41)24(42)35-20(26(44)37-10-4-8-21(37)27(45)46)11-15-13-33-17-6-2-1-5-16(15)17/h1-2,5-6,13,18-21,33H,3-4,7-12,14H2,(H,34,39)(H,35,42)(H,36,47)(H,40,41)(H,45,46)(H4,30,31,32)/t18-,19?,20-,21-/m0/s1. The van der Waals surface area contributed by atoms with Crippen LogP contribution in [0.2, 0.25) is 0 Å². The number of nitrogens with one attached hydrogen (secondary N) is 4. The van der Waals surface area contributed by atoms with Gasteiger partial charge >= 0.3 is 18.0 Å². The summed E-state index contributed by atoms with van der Waals surface area (Å²) in [4.78, 5) is 97.5. The number of fused-ring (bicyclic) bond motifs is 1. The third-order valence-corrected chi connectivity index (χ3v) is 7.92. The van der Waals surface area contributed by atoms with Gasteiger partial charge in [-0.2, -0.15) is 0 Å². The normalized spacial score (nSPS) is 18.8. The number of para-hydroxylation sites is 1. The number of benzene rings is 1. The molecule has 2 fully saturated rings. The Bertz CT molecular complexity index is 1590. The van der Waals surface area contributed by atoms with Crippen LogP contribution in [0.5, 0.6) is 0 Å². The van der Waals surface area contributed by atoms with Crippen molar-refractivity contribution in [1.29, 1.82) is 0 Å². The summed E-state index contributed by atoms with van der Waals surface area (Å²) in [5, 5.41) is 27.1. The Morgan fingerprint density at radius 1 is 1.06 bits per heavy atom. The first-order valence-corrected chi connectivity index (χ1v) is 14.9. The number of rotatable bonds is 15. The number of hydrogen-bond acceptors (Lipinski definition) is 8. The molecule has 252 valence electrons. The van der Waals surface area contributed by atoms with Crippen LogP contribution >= 0.6 is 0 Å². The molecule has 3 heterocycles. The molecule has 0 radical (unpaired) electrons. The van der Waals surface area contributed by atoms with Gasteiger partial charge in [-0.3, -0.25) is 33.9 Å². The molecule has 18 heteroatoms. The molecule has 47 heavy (non-hydrogen) atoms. The molecule has 1 unspecified atom stereocenters. The van der Waals surface area contributed by atoms with Crippen molar-refractivity contribution in [2.24, 2.45) is 16.5 Å². The van der Waals surface area contributed by atoms with Crippen LogP contribution < -0.4 is 27.4 Å². The number of aliphatic carboxylic acids is 2. The predicted molar refractivity (Wildman–Crippen MR) is 164 cm³/mol. The number of aromatic amines is 1. The number of nitrogens with zero attached hydrogens (tertiary/aromatic N) is 3. The van der Waals surface area contributed by atoms with Crippen molar-refractivity contribution in [3.8, 4) is 0 Å². The number of carbonyl (C=O) groups excluding carboxylic acids is 5. The lowest BCUT2D eigenvalue weighted by atomic mass is 10.0. The summed E-state index contributed by atoms with van der Waals surface area (Å²) >= 11 is 0. The lowest BCUT2D eigenvalue weighted by Gasteiger charge is -2.28. The van der Waals surface area contributed by atoms with Crippen LogP contribution in [-0.4, -0.2) is 116 Å². The van der Waals surface area contributed by atoms with Gasteiger partial charge in [-0.1, -0.05) is 18.2 Å². The van der Waals surface area contributed by atoms with E-state index in [0.29, 0.717) is 23.3 Å². The van der Waals surface area contributed by atoms with E-state index in [4.69, 9.17) is 11.5 Å². The van der Waals surface area contributed by atoms with Crippen molar-refractivity contribution < 1.29 is 43.8 Å². The van der Waals surface area contributed by atoms with Crippen LogP contribution in [0, 0.1) is 0 Å². The van der Waals surface area contributed by atoms with Gasteiger partial charge in [0, 0.05) is 36.6 Å². The Kier molecular flexibility index (Phi) is 11.0. The number of carboxylic acid groups (broad SMARTS) is 2. The monoisotopic (exact) mass is 655 g/mol. The average Bonchev–Trinajstić information content (AvgIpc) is 3.73. The molecule has 4 atom stereocenters. The van der Waals surface area contributed by atoms with Crippen LogP contribution in [0.25, 0.3) is 10.9 Å². The van der Waals surface area contributed by atoms with E-state index in [9.17, 15) is 43.8 Å².